The Labute approximate surface area is 138 Å². The van der Waals surface area contributed by atoms with Crippen LogP contribution in [0.25, 0.3) is 0 Å². The summed E-state index contributed by atoms with van der Waals surface area (Å²) < 4.78 is 16.3. The van der Waals surface area contributed by atoms with Crippen LogP contribution in [0, 0.1) is 5.92 Å². The van der Waals surface area contributed by atoms with Gasteiger partial charge in [0.1, 0.15) is 5.76 Å². The maximum atomic E-state index is 5.69. The average molecular weight is 323 g/mol. The smallest absolute Gasteiger partial charge is 0.191 e. The van der Waals surface area contributed by atoms with E-state index in [1.54, 1.807) is 6.26 Å². The van der Waals surface area contributed by atoms with E-state index in [-0.39, 0.29) is 0 Å². The third kappa shape index (κ3) is 7.52. The lowest BCUT2D eigenvalue weighted by molar-refractivity contribution is 0.0893. The van der Waals surface area contributed by atoms with Crippen LogP contribution in [-0.4, -0.2) is 52.0 Å². The fourth-order valence-electron chi connectivity index (χ4n) is 2.42. The van der Waals surface area contributed by atoms with Crippen molar-refractivity contribution < 1.29 is 13.9 Å². The summed E-state index contributed by atoms with van der Waals surface area (Å²) in [6, 6.07) is 3.89. The van der Waals surface area contributed by atoms with Crippen molar-refractivity contribution in [2.45, 2.75) is 26.2 Å². The molecule has 2 heterocycles. The molecule has 1 fully saturated rings. The molecule has 2 N–H and O–H groups in total. The van der Waals surface area contributed by atoms with Crippen LogP contribution < -0.4 is 10.6 Å². The first kappa shape index (κ1) is 17.8. The molecule has 6 nitrogen and oxygen atoms in total. The van der Waals surface area contributed by atoms with Crippen molar-refractivity contribution in [1.29, 1.82) is 0 Å². The number of ether oxygens (including phenoxy) is 2. The van der Waals surface area contributed by atoms with Gasteiger partial charge in [-0.1, -0.05) is 0 Å². The summed E-state index contributed by atoms with van der Waals surface area (Å²) >= 11 is 0. The van der Waals surface area contributed by atoms with Crippen LogP contribution in [0.3, 0.4) is 0 Å². The van der Waals surface area contributed by atoms with Crippen LogP contribution >= 0.6 is 0 Å². The lowest BCUT2D eigenvalue weighted by Gasteiger charge is -2.11. The molecular formula is C17H29N3O3. The van der Waals surface area contributed by atoms with E-state index in [0.717, 1.165) is 77.0 Å². The second-order valence-electron chi connectivity index (χ2n) is 5.67. The van der Waals surface area contributed by atoms with Gasteiger partial charge in [0, 0.05) is 45.2 Å². The molecule has 1 aromatic rings. The van der Waals surface area contributed by atoms with Crippen LogP contribution in [0.5, 0.6) is 0 Å². The fraction of sp³-hybridized carbons (Fsp3) is 0.706. The molecule has 0 aromatic carbocycles. The molecular weight excluding hydrogens is 294 g/mol. The Bertz CT molecular complexity index is 428. The van der Waals surface area contributed by atoms with Crippen molar-refractivity contribution in [2.75, 3.05) is 46.1 Å². The number of hydrogen-bond donors (Lipinski definition) is 2. The minimum atomic E-state index is 0.582. The summed E-state index contributed by atoms with van der Waals surface area (Å²) in [6.45, 7) is 7.78. The van der Waals surface area contributed by atoms with Crippen molar-refractivity contribution >= 4 is 5.96 Å². The molecule has 1 unspecified atom stereocenters. The van der Waals surface area contributed by atoms with E-state index in [1.165, 1.54) is 0 Å². The molecule has 6 heteroatoms. The summed E-state index contributed by atoms with van der Waals surface area (Å²) in [4.78, 5) is 4.56. The standard InChI is InChI=1S/C17H29N3O3/c1-2-18-17(20-9-6-16-5-3-11-23-16)19-8-4-10-21-13-15-7-12-22-14-15/h3,5,11,15H,2,4,6-10,12-14H2,1H3,(H2,18,19,20). The molecule has 23 heavy (non-hydrogen) atoms. The average Bonchev–Trinajstić information content (AvgIpc) is 3.24. The minimum absolute atomic E-state index is 0.582. The predicted molar refractivity (Wildman–Crippen MR) is 90.8 cm³/mol. The van der Waals surface area contributed by atoms with E-state index in [4.69, 9.17) is 13.9 Å². The third-order valence-corrected chi connectivity index (χ3v) is 3.68. The molecule has 1 aromatic heterocycles. The number of nitrogens with one attached hydrogen (secondary N) is 2. The molecule has 0 amide bonds. The van der Waals surface area contributed by atoms with Gasteiger partial charge in [0.25, 0.3) is 0 Å². The summed E-state index contributed by atoms with van der Waals surface area (Å²) in [5.74, 6) is 2.42. The van der Waals surface area contributed by atoms with Gasteiger partial charge in [0.2, 0.25) is 0 Å². The highest BCUT2D eigenvalue weighted by Gasteiger charge is 2.15. The van der Waals surface area contributed by atoms with Gasteiger partial charge in [-0.25, -0.2) is 0 Å². The van der Waals surface area contributed by atoms with E-state index in [1.807, 2.05) is 12.1 Å². The van der Waals surface area contributed by atoms with Crippen LogP contribution in [0.1, 0.15) is 25.5 Å². The maximum absolute atomic E-state index is 5.69. The molecule has 0 spiro atoms. The molecule has 0 bridgehead atoms. The van der Waals surface area contributed by atoms with Crippen molar-refractivity contribution in [3.63, 3.8) is 0 Å². The first-order chi connectivity index (χ1) is 11.4. The molecule has 1 aliphatic rings. The number of nitrogens with zero attached hydrogens (tertiary/aromatic N) is 1. The first-order valence-electron chi connectivity index (χ1n) is 8.58. The monoisotopic (exact) mass is 323 g/mol. The topological polar surface area (TPSA) is 68.0 Å². The quantitative estimate of drug-likeness (QED) is 0.390. The molecule has 0 saturated carbocycles. The summed E-state index contributed by atoms with van der Waals surface area (Å²) in [6.07, 6.45) is 4.61. The van der Waals surface area contributed by atoms with E-state index in [0.29, 0.717) is 5.92 Å². The van der Waals surface area contributed by atoms with Crippen LogP contribution in [0.15, 0.2) is 27.8 Å². The Kier molecular flexibility index (Phi) is 8.58. The number of hydrogen-bond acceptors (Lipinski definition) is 4. The SMILES string of the molecule is CCNC(=NCCCOCC1CCOC1)NCCc1ccco1. The van der Waals surface area contributed by atoms with Crippen molar-refractivity contribution in [1.82, 2.24) is 10.6 Å². The van der Waals surface area contributed by atoms with Gasteiger partial charge in [0.15, 0.2) is 5.96 Å². The van der Waals surface area contributed by atoms with Crippen LogP contribution in [0.2, 0.25) is 0 Å². The normalized spacial score (nSPS) is 18.3. The van der Waals surface area contributed by atoms with Gasteiger partial charge in [-0.3, -0.25) is 4.99 Å². The highest BCUT2D eigenvalue weighted by Crippen LogP contribution is 2.12. The summed E-state index contributed by atoms with van der Waals surface area (Å²) in [5, 5.41) is 6.57. The maximum Gasteiger partial charge on any atom is 0.191 e. The van der Waals surface area contributed by atoms with E-state index in [9.17, 15) is 0 Å². The largest absolute Gasteiger partial charge is 0.469 e. The molecule has 130 valence electrons. The number of aliphatic imine (C=N–C) groups is 1. The van der Waals surface area contributed by atoms with Crippen molar-refractivity contribution in [3.8, 4) is 0 Å². The molecule has 1 atom stereocenters. The molecule has 0 radical (unpaired) electrons. The Morgan fingerprint density at radius 2 is 2.39 bits per heavy atom. The molecule has 0 aliphatic carbocycles. The zero-order valence-corrected chi connectivity index (χ0v) is 14.1. The van der Waals surface area contributed by atoms with Crippen molar-refractivity contribution in [2.24, 2.45) is 10.9 Å². The third-order valence-electron chi connectivity index (χ3n) is 3.68. The van der Waals surface area contributed by atoms with Gasteiger partial charge in [-0.2, -0.15) is 0 Å². The number of rotatable bonds is 10. The first-order valence-corrected chi connectivity index (χ1v) is 8.58. The highest BCUT2D eigenvalue weighted by molar-refractivity contribution is 5.79. The van der Waals surface area contributed by atoms with Crippen molar-refractivity contribution in [3.05, 3.63) is 24.2 Å². The Balaban J connectivity index is 1.54. The number of guanidine groups is 1. The van der Waals surface area contributed by atoms with Crippen LogP contribution in [0.4, 0.5) is 0 Å². The summed E-state index contributed by atoms with van der Waals surface area (Å²) in [5.41, 5.74) is 0. The van der Waals surface area contributed by atoms with E-state index < -0.39 is 0 Å². The Morgan fingerprint density at radius 3 is 3.13 bits per heavy atom. The summed E-state index contributed by atoms with van der Waals surface area (Å²) in [7, 11) is 0. The minimum Gasteiger partial charge on any atom is -0.469 e. The zero-order valence-electron chi connectivity index (χ0n) is 14.1. The van der Waals surface area contributed by atoms with Gasteiger partial charge in [0.05, 0.1) is 19.5 Å². The lowest BCUT2D eigenvalue weighted by Crippen LogP contribution is -2.38. The van der Waals surface area contributed by atoms with E-state index in [2.05, 4.69) is 22.5 Å². The lowest BCUT2D eigenvalue weighted by atomic mass is 10.1. The molecule has 1 saturated heterocycles. The Morgan fingerprint density at radius 1 is 1.43 bits per heavy atom. The van der Waals surface area contributed by atoms with Gasteiger partial charge in [-0.05, 0) is 31.9 Å². The van der Waals surface area contributed by atoms with Crippen LogP contribution in [-0.2, 0) is 15.9 Å². The molecule has 1 aliphatic heterocycles. The second-order valence-corrected chi connectivity index (χ2v) is 5.67. The second kappa shape index (κ2) is 11.1. The van der Waals surface area contributed by atoms with Gasteiger partial charge >= 0.3 is 0 Å². The zero-order chi connectivity index (χ0) is 16.2. The van der Waals surface area contributed by atoms with Gasteiger partial charge < -0.3 is 24.5 Å². The highest BCUT2D eigenvalue weighted by atomic mass is 16.5. The Hall–Kier alpha value is -1.53. The molecule has 2 rings (SSSR count). The fourth-order valence-corrected chi connectivity index (χ4v) is 2.42. The van der Waals surface area contributed by atoms with Gasteiger partial charge in [-0.15, -0.1) is 0 Å². The predicted octanol–water partition coefficient (Wildman–Crippen LogP) is 1.82. The van der Waals surface area contributed by atoms with E-state index >= 15 is 0 Å². The number of furan rings is 1.